The Morgan fingerprint density at radius 1 is 0.914 bits per heavy atom. The summed E-state index contributed by atoms with van der Waals surface area (Å²) in [5.41, 5.74) is 2.74. The Balaban J connectivity index is 1.46. The molecule has 2 amide bonds. The van der Waals surface area contributed by atoms with Crippen molar-refractivity contribution in [1.82, 2.24) is 9.80 Å². The van der Waals surface area contributed by atoms with Crippen LogP contribution >= 0.6 is 0 Å². The summed E-state index contributed by atoms with van der Waals surface area (Å²) in [5.74, 6) is -0.206. The molecule has 2 aliphatic heterocycles. The number of amides is 2. The summed E-state index contributed by atoms with van der Waals surface area (Å²) < 4.78 is 19.6. The fourth-order valence-electron chi connectivity index (χ4n) is 5.23. The molecule has 0 unspecified atom stereocenters. The number of methoxy groups -OCH3 is 1. The summed E-state index contributed by atoms with van der Waals surface area (Å²) in [4.78, 5) is 32.8. The van der Waals surface area contributed by atoms with Gasteiger partial charge in [-0.3, -0.25) is 9.59 Å². The molecule has 2 aliphatic rings. The van der Waals surface area contributed by atoms with E-state index in [-0.39, 0.29) is 17.6 Å². The lowest BCUT2D eigenvalue weighted by Crippen LogP contribution is -2.53. The average Bonchev–Trinajstić information content (AvgIpc) is 2.91. The molecule has 0 spiro atoms. The summed E-state index contributed by atoms with van der Waals surface area (Å²) in [6.07, 6.45) is 0. The van der Waals surface area contributed by atoms with Crippen LogP contribution in [-0.4, -0.2) is 62.0 Å². The minimum atomic E-state index is -0.540. The molecular formula is C28H28FN3O3. The Morgan fingerprint density at radius 2 is 1.57 bits per heavy atom. The number of benzene rings is 3. The minimum Gasteiger partial charge on any atom is -0.497 e. The van der Waals surface area contributed by atoms with Crippen LogP contribution < -0.4 is 9.64 Å². The van der Waals surface area contributed by atoms with Gasteiger partial charge < -0.3 is 19.4 Å². The van der Waals surface area contributed by atoms with Gasteiger partial charge in [-0.25, -0.2) is 4.39 Å². The highest BCUT2D eigenvalue weighted by Crippen LogP contribution is 2.43. The Morgan fingerprint density at radius 3 is 2.26 bits per heavy atom. The van der Waals surface area contributed by atoms with Gasteiger partial charge in [-0.05, 0) is 41.5 Å². The predicted octanol–water partition coefficient (Wildman–Crippen LogP) is 4.09. The lowest BCUT2D eigenvalue weighted by atomic mass is 9.79. The number of rotatable bonds is 4. The fraction of sp³-hybridized carbons (Fsp3) is 0.286. The van der Waals surface area contributed by atoms with Crippen molar-refractivity contribution in [3.63, 3.8) is 0 Å². The number of anilines is 1. The second-order valence-electron chi connectivity index (χ2n) is 8.96. The van der Waals surface area contributed by atoms with Gasteiger partial charge in [0.1, 0.15) is 11.6 Å². The van der Waals surface area contributed by atoms with E-state index in [1.807, 2.05) is 58.3 Å². The fourth-order valence-corrected chi connectivity index (χ4v) is 5.23. The van der Waals surface area contributed by atoms with Gasteiger partial charge in [-0.1, -0.05) is 42.5 Å². The molecule has 0 aliphatic carbocycles. The van der Waals surface area contributed by atoms with Crippen molar-refractivity contribution in [2.45, 2.75) is 12.0 Å². The van der Waals surface area contributed by atoms with Gasteiger partial charge in [0, 0.05) is 38.8 Å². The molecule has 1 fully saturated rings. The molecule has 180 valence electrons. The third-order valence-corrected chi connectivity index (χ3v) is 7.09. The van der Waals surface area contributed by atoms with Crippen LogP contribution in [0.5, 0.6) is 5.75 Å². The third kappa shape index (κ3) is 4.11. The highest BCUT2D eigenvalue weighted by Gasteiger charge is 2.44. The molecule has 35 heavy (non-hydrogen) atoms. The normalized spacial score (nSPS) is 20.0. The smallest absolute Gasteiger partial charge is 0.254 e. The van der Waals surface area contributed by atoms with Crippen molar-refractivity contribution in [2.75, 3.05) is 45.2 Å². The average molecular weight is 474 g/mol. The van der Waals surface area contributed by atoms with Crippen LogP contribution in [0.4, 0.5) is 10.1 Å². The van der Waals surface area contributed by atoms with Crippen LogP contribution in [0.25, 0.3) is 0 Å². The van der Waals surface area contributed by atoms with Crippen LogP contribution in [0, 0.1) is 5.82 Å². The molecule has 5 rings (SSSR count). The van der Waals surface area contributed by atoms with E-state index in [4.69, 9.17) is 4.74 Å². The number of para-hydroxylation sites is 1. The van der Waals surface area contributed by atoms with Crippen molar-refractivity contribution in [3.8, 4) is 5.75 Å². The number of fused-ring (bicyclic) bond motifs is 1. The summed E-state index contributed by atoms with van der Waals surface area (Å²) in [5, 5.41) is 0. The highest BCUT2D eigenvalue weighted by atomic mass is 19.1. The summed E-state index contributed by atoms with van der Waals surface area (Å²) in [6, 6.07) is 21.2. The standard InChI is InChI=1S/C28H28FN3O3/c1-30-26(19-11-13-20(35-2)14-12-19)25(21-7-3-4-8-22(21)27(30)33)28(34)32-17-15-31(16-18-32)24-10-6-5-9-23(24)29/h3-14,25-26H,15-18H2,1-2H3/t25-,26+/m0/s1. The topological polar surface area (TPSA) is 53.1 Å². The molecule has 3 aromatic carbocycles. The van der Waals surface area contributed by atoms with E-state index in [9.17, 15) is 14.0 Å². The van der Waals surface area contributed by atoms with Gasteiger partial charge in [-0.15, -0.1) is 0 Å². The first-order valence-corrected chi connectivity index (χ1v) is 11.8. The zero-order valence-electron chi connectivity index (χ0n) is 19.9. The largest absolute Gasteiger partial charge is 0.497 e. The molecular weight excluding hydrogens is 445 g/mol. The van der Waals surface area contributed by atoms with Crippen LogP contribution in [0.2, 0.25) is 0 Å². The number of ether oxygens (including phenoxy) is 1. The summed E-state index contributed by atoms with van der Waals surface area (Å²) in [7, 11) is 3.36. The lowest BCUT2D eigenvalue weighted by molar-refractivity contribution is -0.134. The number of nitrogens with zero attached hydrogens (tertiary/aromatic N) is 3. The molecule has 0 bridgehead atoms. The van der Waals surface area contributed by atoms with E-state index in [2.05, 4.69) is 0 Å². The molecule has 0 saturated carbocycles. The molecule has 0 aromatic heterocycles. The van der Waals surface area contributed by atoms with Gasteiger partial charge in [0.05, 0.1) is 24.8 Å². The number of halogens is 1. The van der Waals surface area contributed by atoms with Crippen LogP contribution in [-0.2, 0) is 4.79 Å². The molecule has 3 aromatic rings. The van der Waals surface area contributed by atoms with Gasteiger partial charge in [0.25, 0.3) is 5.91 Å². The van der Waals surface area contributed by atoms with Crippen molar-refractivity contribution in [3.05, 3.63) is 95.3 Å². The Hall–Kier alpha value is -3.87. The first-order chi connectivity index (χ1) is 17.0. The van der Waals surface area contributed by atoms with E-state index >= 15 is 0 Å². The Labute approximate surface area is 204 Å². The predicted molar refractivity (Wildman–Crippen MR) is 132 cm³/mol. The van der Waals surface area contributed by atoms with Crippen molar-refractivity contribution < 1.29 is 18.7 Å². The van der Waals surface area contributed by atoms with Gasteiger partial charge in [0.2, 0.25) is 5.91 Å². The monoisotopic (exact) mass is 473 g/mol. The summed E-state index contributed by atoms with van der Waals surface area (Å²) >= 11 is 0. The Kier molecular flexibility index (Phi) is 6.16. The van der Waals surface area contributed by atoms with E-state index in [1.54, 1.807) is 37.3 Å². The lowest BCUT2D eigenvalue weighted by Gasteiger charge is -2.43. The van der Waals surface area contributed by atoms with Gasteiger partial charge in [-0.2, -0.15) is 0 Å². The SMILES string of the molecule is COc1ccc([C@@H]2[C@@H](C(=O)N3CCN(c4ccccc4F)CC3)c3ccccc3C(=O)N2C)cc1. The maximum absolute atomic E-state index is 14.3. The quantitative estimate of drug-likeness (QED) is 0.573. The van der Waals surface area contributed by atoms with Crippen molar-refractivity contribution >= 4 is 17.5 Å². The van der Waals surface area contributed by atoms with Crippen LogP contribution in [0.3, 0.4) is 0 Å². The third-order valence-electron chi connectivity index (χ3n) is 7.09. The van der Waals surface area contributed by atoms with Crippen LogP contribution in [0.1, 0.15) is 33.4 Å². The minimum absolute atomic E-state index is 0.0224. The maximum Gasteiger partial charge on any atom is 0.254 e. The summed E-state index contributed by atoms with van der Waals surface area (Å²) in [6.45, 7) is 2.06. The van der Waals surface area contributed by atoms with E-state index in [1.165, 1.54) is 6.07 Å². The molecule has 0 radical (unpaired) electrons. The number of hydrogen-bond donors (Lipinski definition) is 0. The highest BCUT2D eigenvalue weighted by molar-refractivity contribution is 6.01. The number of carbonyl (C=O) groups is 2. The number of piperazine rings is 1. The molecule has 2 heterocycles. The second kappa shape index (κ2) is 9.41. The van der Waals surface area contributed by atoms with E-state index in [0.717, 1.165) is 11.1 Å². The Bertz CT molecular complexity index is 1240. The number of hydrogen-bond acceptors (Lipinski definition) is 4. The zero-order valence-corrected chi connectivity index (χ0v) is 19.9. The van der Waals surface area contributed by atoms with Crippen LogP contribution in [0.15, 0.2) is 72.8 Å². The molecule has 6 nitrogen and oxygen atoms in total. The molecule has 7 heteroatoms. The zero-order chi connectivity index (χ0) is 24.5. The number of likely N-dealkylation sites (N-methyl/N-ethyl adjacent to an activating group) is 1. The molecule has 2 atom stereocenters. The molecule has 0 N–H and O–H groups in total. The first-order valence-electron chi connectivity index (χ1n) is 11.8. The van der Waals surface area contributed by atoms with Crippen molar-refractivity contribution in [2.24, 2.45) is 0 Å². The molecule has 1 saturated heterocycles. The maximum atomic E-state index is 14.3. The number of carbonyl (C=O) groups excluding carboxylic acids is 2. The van der Waals surface area contributed by atoms with E-state index < -0.39 is 12.0 Å². The second-order valence-corrected chi connectivity index (χ2v) is 8.96. The van der Waals surface area contributed by atoms with Gasteiger partial charge >= 0.3 is 0 Å². The van der Waals surface area contributed by atoms with Gasteiger partial charge in [0.15, 0.2) is 0 Å². The first kappa shape index (κ1) is 22.9. The van der Waals surface area contributed by atoms with E-state index in [0.29, 0.717) is 43.2 Å². The van der Waals surface area contributed by atoms with Crippen molar-refractivity contribution in [1.29, 1.82) is 0 Å².